The fourth-order valence-electron chi connectivity index (χ4n) is 0.529. The lowest BCUT2D eigenvalue weighted by molar-refractivity contribution is -0.134. The third-order valence-corrected chi connectivity index (χ3v) is 1.04. The number of carbonyl (C=O) groups is 1. The number of hydrogen-bond donors (Lipinski definition) is 2. The second-order valence-electron chi connectivity index (χ2n) is 2.46. The van der Waals surface area contributed by atoms with Crippen molar-refractivity contribution in [2.75, 3.05) is 46.8 Å². The number of carboxylic acid groups (broad SMARTS) is 1. The van der Waals surface area contributed by atoms with E-state index in [-0.39, 0.29) is 6.61 Å². The third kappa shape index (κ3) is 31.9. The van der Waals surface area contributed by atoms with Gasteiger partial charge in [0.15, 0.2) is 0 Å². The van der Waals surface area contributed by atoms with Gasteiger partial charge in [0.1, 0.15) is 0 Å². The summed E-state index contributed by atoms with van der Waals surface area (Å²) in [6.45, 7) is 3.83. The van der Waals surface area contributed by atoms with Crippen LogP contribution in [0.3, 0.4) is 0 Å². The number of carboxylic acids is 1. The van der Waals surface area contributed by atoms with Crippen LogP contribution in [0, 0.1) is 0 Å². The number of rotatable bonds is 8. The van der Waals surface area contributed by atoms with Gasteiger partial charge in [0.2, 0.25) is 0 Å². The largest absolute Gasteiger partial charge is 0.481 e. The minimum absolute atomic E-state index is 0.0675. The van der Waals surface area contributed by atoms with Crippen LogP contribution in [0.5, 0.6) is 0 Å². The Morgan fingerprint density at radius 3 is 1.87 bits per heavy atom. The van der Waals surface area contributed by atoms with E-state index in [2.05, 4.69) is 0 Å². The monoisotopic (exact) mass is 224 g/mol. The summed E-state index contributed by atoms with van der Waals surface area (Å²) < 4.78 is 14.8. The Morgan fingerprint density at radius 2 is 1.47 bits per heavy atom. The molecule has 0 saturated carbocycles. The first kappa shape index (κ1) is 16.7. The molecule has 6 nitrogen and oxygen atoms in total. The smallest absolute Gasteiger partial charge is 0.300 e. The first-order chi connectivity index (χ1) is 7.15. The van der Waals surface area contributed by atoms with Crippen molar-refractivity contribution < 1.29 is 29.2 Å². The van der Waals surface area contributed by atoms with Crippen molar-refractivity contribution >= 4 is 5.97 Å². The van der Waals surface area contributed by atoms with Gasteiger partial charge in [-0.15, -0.1) is 0 Å². The average molecular weight is 224 g/mol. The molecule has 0 aliphatic carbocycles. The van der Waals surface area contributed by atoms with E-state index in [1.165, 1.54) is 0 Å². The van der Waals surface area contributed by atoms with E-state index in [4.69, 9.17) is 29.2 Å². The Balaban J connectivity index is 0. The highest BCUT2D eigenvalue weighted by Gasteiger charge is 1.87. The van der Waals surface area contributed by atoms with Crippen LogP contribution in [0.25, 0.3) is 0 Å². The van der Waals surface area contributed by atoms with E-state index in [0.717, 1.165) is 6.92 Å². The fraction of sp³-hybridized carbons (Fsp3) is 0.889. The molecule has 0 radical (unpaired) electrons. The predicted octanol–water partition coefficient (Wildman–Crippen LogP) is -0.251. The topological polar surface area (TPSA) is 85.2 Å². The number of aliphatic hydroxyl groups excluding tert-OH is 1. The predicted molar refractivity (Wildman–Crippen MR) is 53.9 cm³/mol. The Labute approximate surface area is 89.8 Å². The van der Waals surface area contributed by atoms with Gasteiger partial charge in [-0.3, -0.25) is 4.79 Å². The maximum atomic E-state index is 9.00. The normalized spacial score (nSPS) is 9.27. The van der Waals surface area contributed by atoms with Gasteiger partial charge >= 0.3 is 0 Å². The summed E-state index contributed by atoms with van der Waals surface area (Å²) in [4.78, 5) is 9.00. The van der Waals surface area contributed by atoms with Crippen LogP contribution in [0.1, 0.15) is 6.92 Å². The molecule has 0 fully saturated rings. The Morgan fingerprint density at radius 1 is 1.07 bits per heavy atom. The van der Waals surface area contributed by atoms with E-state index in [0.29, 0.717) is 33.0 Å². The van der Waals surface area contributed by atoms with Gasteiger partial charge in [-0.1, -0.05) is 0 Å². The van der Waals surface area contributed by atoms with Gasteiger partial charge in [0.05, 0.1) is 39.6 Å². The molecular weight excluding hydrogens is 204 g/mol. The van der Waals surface area contributed by atoms with Crippen LogP contribution in [0.15, 0.2) is 0 Å². The zero-order valence-corrected chi connectivity index (χ0v) is 9.27. The minimum Gasteiger partial charge on any atom is -0.481 e. The highest BCUT2D eigenvalue weighted by molar-refractivity contribution is 5.62. The molecule has 0 atom stereocenters. The van der Waals surface area contributed by atoms with Gasteiger partial charge in [-0.25, -0.2) is 0 Å². The molecule has 0 bridgehead atoms. The highest BCUT2D eigenvalue weighted by atomic mass is 16.5. The molecule has 92 valence electrons. The maximum absolute atomic E-state index is 9.00. The van der Waals surface area contributed by atoms with E-state index < -0.39 is 5.97 Å². The van der Waals surface area contributed by atoms with E-state index in [1.807, 2.05) is 0 Å². The van der Waals surface area contributed by atoms with Crippen molar-refractivity contribution in [3.8, 4) is 0 Å². The molecule has 6 heteroatoms. The summed E-state index contributed by atoms with van der Waals surface area (Å²) in [5.74, 6) is -0.833. The standard InChI is InChI=1S/C7H16O4.C2H4O2/c1-9-4-5-11-7-6-10-3-2-8;1-2(3)4/h8H,2-7H2,1H3;1H3,(H,3,4). The first-order valence-corrected chi connectivity index (χ1v) is 4.60. The summed E-state index contributed by atoms with van der Waals surface area (Å²) in [5, 5.41) is 15.7. The number of aliphatic hydroxyl groups is 1. The molecule has 0 unspecified atom stereocenters. The summed E-state index contributed by atoms with van der Waals surface area (Å²) in [6, 6.07) is 0. The van der Waals surface area contributed by atoms with Crippen molar-refractivity contribution in [1.82, 2.24) is 0 Å². The summed E-state index contributed by atoms with van der Waals surface area (Å²) >= 11 is 0. The first-order valence-electron chi connectivity index (χ1n) is 4.60. The van der Waals surface area contributed by atoms with Crippen LogP contribution in [-0.2, 0) is 19.0 Å². The molecule has 15 heavy (non-hydrogen) atoms. The van der Waals surface area contributed by atoms with E-state index in [1.54, 1.807) is 7.11 Å². The second-order valence-corrected chi connectivity index (χ2v) is 2.46. The summed E-state index contributed by atoms with van der Waals surface area (Å²) in [5.41, 5.74) is 0. The van der Waals surface area contributed by atoms with Crippen LogP contribution in [0.4, 0.5) is 0 Å². The van der Waals surface area contributed by atoms with Crippen molar-refractivity contribution in [2.45, 2.75) is 6.92 Å². The van der Waals surface area contributed by atoms with E-state index >= 15 is 0 Å². The molecule has 0 aromatic rings. The summed E-state index contributed by atoms with van der Waals surface area (Å²) in [7, 11) is 1.63. The maximum Gasteiger partial charge on any atom is 0.300 e. The number of ether oxygens (including phenoxy) is 3. The molecule has 2 N–H and O–H groups in total. The number of methoxy groups -OCH3 is 1. The lowest BCUT2D eigenvalue weighted by Gasteiger charge is -2.03. The molecule has 0 aromatic heterocycles. The molecule has 0 heterocycles. The van der Waals surface area contributed by atoms with Gasteiger partial charge in [-0.2, -0.15) is 0 Å². The second kappa shape index (κ2) is 15.8. The van der Waals surface area contributed by atoms with Crippen LogP contribution < -0.4 is 0 Å². The van der Waals surface area contributed by atoms with Crippen molar-refractivity contribution in [3.63, 3.8) is 0 Å². The Kier molecular flexibility index (Phi) is 17.6. The molecular formula is C9H20O6. The van der Waals surface area contributed by atoms with Gasteiger partial charge < -0.3 is 24.4 Å². The Bertz CT molecular complexity index is 116. The zero-order chi connectivity index (χ0) is 11.9. The molecule has 0 rings (SSSR count). The quantitative estimate of drug-likeness (QED) is 0.553. The number of aliphatic carboxylic acids is 1. The molecule has 0 spiro atoms. The van der Waals surface area contributed by atoms with Crippen molar-refractivity contribution in [3.05, 3.63) is 0 Å². The molecule has 0 aromatic carbocycles. The zero-order valence-electron chi connectivity index (χ0n) is 9.27. The van der Waals surface area contributed by atoms with Crippen LogP contribution >= 0.6 is 0 Å². The highest BCUT2D eigenvalue weighted by Crippen LogP contribution is 1.78. The molecule has 0 amide bonds. The molecule has 0 aliphatic heterocycles. The Hall–Kier alpha value is -0.690. The molecule has 0 aliphatic rings. The van der Waals surface area contributed by atoms with Crippen LogP contribution in [-0.4, -0.2) is 62.9 Å². The lowest BCUT2D eigenvalue weighted by Crippen LogP contribution is -2.09. The van der Waals surface area contributed by atoms with Gasteiger partial charge in [0.25, 0.3) is 5.97 Å². The number of hydrogen-bond acceptors (Lipinski definition) is 5. The average Bonchev–Trinajstić information content (AvgIpc) is 2.16. The minimum atomic E-state index is -0.833. The van der Waals surface area contributed by atoms with Gasteiger partial charge in [0, 0.05) is 14.0 Å². The van der Waals surface area contributed by atoms with E-state index in [9.17, 15) is 0 Å². The molecule has 0 saturated heterocycles. The van der Waals surface area contributed by atoms with Crippen molar-refractivity contribution in [1.29, 1.82) is 0 Å². The third-order valence-electron chi connectivity index (χ3n) is 1.04. The SMILES string of the molecule is CC(=O)O.COCCOCCOCCO. The van der Waals surface area contributed by atoms with Crippen molar-refractivity contribution in [2.24, 2.45) is 0 Å². The summed E-state index contributed by atoms with van der Waals surface area (Å²) in [6.07, 6.45) is 0. The lowest BCUT2D eigenvalue weighted by atomic mass is 10.7. The van der Waals surface area contributed by atoms with Gasteiger partial charge in [-0.05, 0) is 0 Å². The van der Waals surface area contributed by atoms with Crippen LogP contribution in [0.2, 0.25) is 0 Å². The fourth-order valence-corrected chi connectivity index (χ4v) is 0.529.